The average Bonchev–Trinajstić information content (AvgIpc) is 2.69. The molecule has 1 aliphatic rings. The van der Waals surface area contributed by atoms with Crippen molar-refractivity contribution in [1.82, 2.24) is 4.90 Å². The first-order valence-electron chi connectivity index (χ1n) is 8.84. The Labute approximate surface area is 163 Å². The van der Waals surface area contributed by atoms with Crippen LogP contribution in [-0.4, -0.2) is 50.7 Å². The predicted molar refractivity (Wildman–Crippen MR) is 104 cm³/mol. The van der Waals surface area contributed by atoms with Gasteiger partial charge >= 0.3 is 0 Å². The van der Waals surface area contributed by atoms with Crippen LogP contribution in [0.1, 0.15) is 17.3 Å². The first kappa shape index (κ1) is 19.3. The highest BCUT2D eigenvalue weighted by molar-refractivity contribution is 6.32. The van der Waals surface area contributed by atoms with Gasteiger partial charge in [-0.25, -0.2) is 4.39 Å². The van der Waals surface area contributed by atoms with Crippen LogP contribution in [0.15, 0.2) is 36.4 Å². The molecule has 0 atom stereocenters. The number of benzene rings is 2. The van der Waals surface area contributed by atoms with Gasteiger partial charge in [-0.15, -0.1) is 0 Å². The van der Waals surface area contributed by atoms with Crippen LogP contribution >= 0.6 is 11.6 Å². The molecule has 3 rings (SSSR count). The van der Waals surface area contributed by atoms with E-state index >= 15 is 0 Å². The average molecular weight is 393 g/mol. The summed E-state index contributed by atoms with van der Waals surface area (Å²) < 4.78 is 24.8. The molecular weight excluding hydrogens is 371 g/mol. The van der Waals surface area contributed by atoms with Crippen molar-refractivity contribution < 1.29 is 18.7 Å². The van der Waals surface area contributed by atoms with Crippen molar-refractivity contribution in [3.63, 3.8) is 0 Å². The molecule has 2 aromatic carbocycles. The van der Waals surface area contributed by atoms with Gasteiger partial charge < -0.3 is 19.3 Å². The zero-order valence-electron chi connectivity index (χ0n) is 15.4. The number of hydrogen-bond acceptors (Lipinski definition) is 4. The van der Waals surface area contributed by atoms with Gasteiger partial charge in [0.1, 0.15) is 5.82 Å². The third-order valence-electron chi connectivity index (χ3n) is 4.53. The van der Waals surface area contributed by atoms with Crippen LogP contribution in [0.3, 0.4) is 0 Å². The largest absolute Gasteiger partial charge is 0.493 e. The summed E-state index contributed by atoms with van der Waals surface area (Å²) in [6.07, 6.45) is 0. The Balaban J connectivity index is 1.72. The van der Waals surface area contributed by atoms with E-state index < -0.39 is 0 Å². The number of methoxy groups -OCH3 is 1. The molecule has 0 spiro atoms. The molecular formula is C20H22ClFN2O3. The highest BCUT2D eigenvalue weighted by Crippen LogP contribution is 2.36. The van der Waals surface area contributed by atoms with Crippen LogP contribution in [0.25, 0.3) is 0 Å². The molecule has 0 aromatic heterocycles. The molecule has 144 valence electrons. The van der Waals surface area contributed by atoms with Crippen molar-refractivity contribution in [2.24, 2.45) is 0 Å². The van der Waals surface area contributed by atoms with Gasteiger partial charge in [0.05, 0.1) is 24.4 Å². The van der Waals surface area contributed by atoms with Crippen LogP contribution in [0.5, 0.6) is 11.5 Å². The number of piperazine rings is 1. The number of carbonyl (C=O) groups excluding carboxylic acids is 1. The number of halogens is 2. The van der Waals surface area contributed by atoms with Crippen molar-refractivity contribution in [2.45, 2.75) is 6.92 Å². The summed E-state index contributed by atoms with van der Waals surface area (Å²) in [4.78, 5) is 16.6. The third kappa shape index (κ3) is 4.11. The second-order valence-corrected chi connectivity index (χ2v) is 6.56. The smallest absolute Gasteiger partial charge is 0.254 e. The highest BCUT2D eigenvalue weighted by Gasteiger charge is 2.25. The fraction of sp³-hybridized carbons (Fsp3) is 0.350. The Morgan fingerprint density at radius 3 is 2.52 bits per heavy atom. The van der Waals surface area contributed by atoms with Crippen LogP contribution < -0.4 is 14.4 Å². The Bertz CT molecular complexity index is 823. The summed E-state index contributed by atoms with van der Waals surface area (Å²) in [5.74, 6) is 0.479. The number of para-hydroxylation sites is 1. The summed E-state index contributed by atoms with van der Waals surface area (Å²) in [6.45, 7) is 4.43. The molecule has 1 aliphatic heterocycles. The minimum atomic E-state index is -0.250. The second-order valence-electron chi connectivity index (χ2n) is 6.15. The van der Waals surface area contributed by atoms with E-state index in [9.17, 15) is 9.18 Å². The molecule has 0 unspecified atom stereocenters. The molecule has 1 fully saturated rings. The number of ether oxygens (including phenoxy) is 2. The van der Waals surface area contributed by atoms with Crippen molar-refractivity contribution in [1.29, 1.82) is 0 Å². The topological polar surface area (TPSA) is 42.0 Å². The number of hydrogen-bond donors (Lipinski definition) is 0. The molecule has 0 N–H and O–H groups in total. The lowest BCUT2D eigenvalue weighted by Crippen LogP contribution is -2.49. The van der Waals surface area contributed by atoms with Gasteiger partial charge in [0, 0.05) is 31.7 Å². The Morgan fingerprint density at radius 1 is 1.19 bits per heavy atom. The number of nitrogens with zero attached hydrogens (tertiary/aromatic N) is 2. The van der Waals surface area contributed by atoms with Gasteiger partial charge in [-0.1, -0.05) is 23.7 Å². The fourth-order valence-electron chi connectivity index (χ4n) is 3.17. The molecule has 1 amide bonds. The van der Waals surface area contributed by atoms with Crippen LogP contribution in [0, 0.1) is 5.82 Å². The van der Waals surface area contributed by atoms with Gasteiger partial charge in [-0.2, -0.15) is 0 Å². The quantitative estimate of drug-likeness (QED) is 0.775. The van der Waals surface area contributed by atoms with Gasteiger partial charge in [-0.3, -0.25) is 4.79 Å². The third-order valence-corrected chi connectivity index (χ3v) is 4.81. The Hall–Kier alpha value is -2.47. The van der Waals surface area contributed by atoms with Gasteiger partial charge in [0.2, 0.25) is 0 Å². The Kier molecular flexibility index (Phi) is 6.06. The summed E-state index contributed by atoms with van der Waals surface area (Å²) in [5, 5.41) is 0.338. The minimum absolute atomic E-state index is 0.133. The van der Waals surface area contributed by atoms with Crippen LogP contribution in [-0.2, 0) is 0 Å². The van der Waals surface area contributed by atoms with Crippen molar-refractivity contribution in [3.05, 3.63) is 52.8 Å². The molecule has 0 saturated carbocycles. The van der Waals surface area contributed by atoms with E-state index in [4.69, 9.17) is 21.1 Å². The standard InChI is InChI=1S/C20H22ClFN2O3/c1-3-27-19-15(21)12-14(13-18(19)26-2)20(25)24-10-8-23(9-11-24)17-7-5-4-6-16(17)22/h4-7,12-13H,3,8-11H2,1-2H3. The second kappa shape index (κ2) is 8.48. The number of rotatable bonds is 5. The van der Waals surface area contributed by atoms with E-state index in [-0.39, 0.29) is 11.7 Å². The first-order valence-corrected chi connectivity index (χ1v) is 9.22. The van der Waals surface area contributed by atoms with E-state index in [0.29, 0.717) is 60.6 Å². The van der Waals surface area contributed by atoms with Gasteiger partial charge in [-0.05, 0) is 31.2 Å². The zero-order valence-corrected chi connectivity index (χ0v) is 16.1. The molecule has 2 aromatic rings. The van der Waals surface area contributed by atoms with E-state index in [1.807, 2.05) is 17.9 Å². The van der Waals surface area contributed by atoms with E-state index in [1.54, 1.807) is 29.2 Å². The van der Waals surface area contributed by atoms with Crippen molar-refractivity contribution in [3.8, 4) is 11.5 Å². The molecule has 1 heterocycles. The lowest BCUT2D eigenvalue weighted by Gasteiger charge is -2.36. The lowest BCUT2D eigenvalue weighted by atomic mass is 10.1. The highest BCUT2D eigenvalue weighted by atomic mass is 35.5. The molecule has 0 aliphatic carbocycles. The van der Waals surface area contributed by atoms with Crippen LogP contribution in [0.2, 0.25) is 5.02 Å². The SMILES string of the molecule is CCOc1c(Cl)cc(C(=O)N2CCN(c3ccccc3F)CC2)cc1OC. The zero-order chi connectivity index (χ0) is 19.4. The fourth-order valence-corrected chi connectivity index (χ4v) is 3.43. The molecule has 0 bridgehead atoms. The summed E-state index contributed by atoms with van der Waals surface area (Å²) in [5.41, 5.74) is 1.01. The predicted octanol–water partition coefficient (Wildman–Crippen LogP) is 3.85. The van der Waals surface area contributed by atoms with Gasteiger partial charge in [0.25, 0.3) is 5.91 Å². The molecule has 1 saturated heterocycles. The lowest BCUT2D eigenvalue weighted by molar-refractivity contribution is 0.0746. The number of carbonyl (C=O) groups is 1. The summed E-state index contributed by atoms with van der Waals surface area (Å²) in [7, 11) is 1.51. The summed E-state index contributed by atoms with van der Waals surface area (Å²) >= 11 is 6.27. The Morgan fingerprint density at radius 2 is 1.89 bits per heavy atom. The number of amides is 1. The minimum Gasteiger partial charge on any atom is -0.493 e. The molecule has 0 radical (unpaired) electrons. The number of anilines is 1. The maximum absolute atomic E-state index is 14.0. The molecule has 5 nitrogen and oxygen atoms in total. The maximum atomic E-state index is 14.0. The van der Waals surface area contributed by atoms with E-state index in [1.165, 1.54) is 13.2 Å². The molecule has 7 heteroatoms. The normalized spacial score (nSPS) is 14.2. The van der Waals surface area contributed by atoms with Crippen molar-refractivity contribution in [2.75, 3.05) is 44.8 Å². The van der Waals surface area contributed by atoms with Crippen LogP contribution in [0.4, 0.5) is 10.1 Å². The van der Waals surface area contributed by atoms with E-state index in [0.717, 1.165) is 0 Å². The molecule has 27 heavy (non-hydrogen) atoms. The first-order chi connectivity index (χ1) is 13.0. The van der Waals surface area contributed by atoms with E-state index in [2.05, 4.69) is 0 Å². The maximum Gasteiger partial charge on any atom is 0.254 e. The van der Waals surface area contributed by atoms with Gasteiger partial charge in [0.15, 0.2) is 11.5 Å². The monoisotopic (exact) mass is 392 g/mol. The summed E-state index contributed by atoms with van der Waals surface area (Å²) in [6, 6.07) is 9.92. The van der Waals surface area contributed by atoms with Crippen molar-refractivity contribution >= 4 is 23.2 Å².